The van der Waals surface area contributed by atoms with Crippen LogP contribution in [-0.4, -0.2) is 106 Å². The fourth-order valence-electron chi connectivity index (χ4n) is 11.0. The number of nitrogens with one attached hydrogen (secondary N) is 2. The third-order valence-electron chi connectivity index (χ3n) is 14.2. The van der Waals surface area contributed by atoms with Crippen LogP contribution < -0.4 is 10.2 Å². The van der Waals surface area contributed by atoms with Gasteiger partial charge in [-0.1, -0.05) is 24.3 Å². The lowest BCUT2D eigenvalue weighted by Crippen LogP contribution is -2.52. The molecular formula is C45H47F4N7O4. The summed E-state index contributed by atoms with van der Waals surface area (Å²) in [6, 6.07) is 12.1. The molecule has 1 spiro atoms. The molecule has 60 heavy (non-hydrogen) atoms. The third kappa shape index (κ3) is 6.64. The van der Waals surface area contributed by atoms with E-state index in [2.05, 4.69) is 15.2 Å². The lowest BCUT2D eigenvalue weighted by Gasteiger charge is -2.42. The summed E-state index contributed by atoms with van der Waals surface area (Å²) in [5.41, 5.74) is 5.83. The molecule has 10 rings (SSSR count). The number of aromatic amines is 1. The number of hydrogen-bond donors (Lipinski definition) is 2. The molecule has 3 atom stereocenters. The summed E-state index contributed by atoms with van der Waals surface area (Å²) in [5.74, 6) is -2.45. The van der Waals surface area contributed by atoms with Crippen LogP contribution >= 0.6 is 0 Å². The normalized spacial score (nSPS) is 24.2. The summed E-state index contributed by atoms with van der Waals surface area (Å²) >= 11 is 0. The van der Waals surface area contributed by atoms with Gasteiger partial charge >= 0.3 is 0 Å². The average Bonchev–Trinajstić information content (AvgIpc) is 3.98. The molecule has 1 aromatic heterocycles. The Hall–Kier alpha value is -5.28. The zero-order valence-electron chi connectivity index (χ0n) is 33.4. The molecule has 1 unspecified atom stereocenters. The summed E-state index contributed by atoms with van der Waals surface area (Å²) in [6.07, 6.45) is 0.678. The summed E-state index contributed by atoms with van der Waals surface area (Å²) in [7, 11) is 0. The van der Waals surface area contributed by atoms with Crippen molar-refractivity contribution in [3.8, 4) is 0 Å². The van der Waals surface area contributed by atoms with Crippen molar-refractivity contribution < 1.29 is 36.7 Å². The smallest absolute Gasteiger partial charge is 0.255 e. The number of halogens is 4. The molecule has 4 aromatic rings. The summed E-state index contributed by atoms with van der Waals surface area (Å²) in [5, 5.41) is 3.27. The molecule has 7 heterocycles. The number of benzene rings is 3. The predicted octanol–water partition coefficient (Wildman–Crippen LogP) is 5.64. The number of alkyl halides is 2. The van der Waals surface area contributed by atoms with Gasteiger partial charge in [0.1, 0.15) is 17.7 Å². The van der Waals surface area contributed by atoms with Crippen LogP contribution in [0, 0.1) is 17.0 Å². The van der Waals surface area contributed by atoms with Crippen molar-refractivity contribution in [2.75, 3.05) is 44.2 Å². The monoisotopic (exact) mass is 825 g/mol. The van der Waals surface area contributed by atoms with Gasteiger partial charge in [0.2, 0.25) is 17.7 Å². The number of rotatable bonds is 7. The van der Waals surface area contributed by atoms with E-state index in [4.69, 9.17) is 0 Å². The van der Waals surface area contributed by atoms with Crippen molar-refractivity contribution in [2.24, 2.45) is 5.41 Å². The number of carbonyl (C=O) groups excluding carboxylic acids is 4. The van der Waals surface area contributed by atoms with Crippen molar-refractivity contribution in [2.45, 2.75) is 89.6 Å². The molecule has 3 aromatic carbocycles. The van der Waals surface area contributed by atoms with E-state index < -0.39 is 42.6 Å². The molecule has 6 aliphatic rings. The maximum absolute atomic E-state index is 16.3. The molecule has 0 bridgehead atoms. The molecule has 0 radical (unpaired) electrons. The first kappa shape index (κ1) is 38.9. The molecule has 15 heteroatoms. The van der Waals surface area contributed by atoms with Gasteiger partial charge in [-0.15, -0.1) is 0 Å². The number of aromatic nitrogens is 1. The second-order valence-corrected chi connectivity index (χ2v) is 17.8. The quantitative estimate of drug-likeness (QED) is 0.183. The minimum atomic E-state index is -2.68. The molecular weight excluding hydrogens is 779 g/mol. The Morgan fingerprint density at radius 1 is 0.917 bits per heavy atom. The SMILES string of the molecule is C[C@@H]1Cc2c([nH]c3ccccc23)[C@@H](c2c(F)cc(N3CCC4(CCN(C(=O)CN5Cc6cc7c(cc6C5)C(=O)N(C5CCC(=O)NC5=O)C7)C4)CC3)cc2F)N1CC(F)F. The Morgan fingerprint density at radius 3 is 2.37 bits per heavy atom. The van der Waals surface area contributed by atoms with Crippen molar-refractivity contribution in [1.29, 1.82) is 0 Å². The number of nitrogens with zero attached hydrogens (tertiary/aromatic N) is 5. The van der Waals surface area contributed by atoms with Gasteiger partial charge in [0.05, 0.1) is 19.1 Å². The number of amides is 4. The highest BCUT2D eigenvalue weighted by Gasteiger charge is 2.45. The summed E-state index contributed by atoms with van der Waals surface area (Å²) in [4.78, 5) is 63.5. The standard InChI is InChI=1S/C45H47F4N7O4/c1-25-14-32-30-4-2-3-5-35(30)50-41(32)42(55(25)22-37(48)49)40-33(46)17-29(18-34(40)47)53-11-8-45(9-12-53)10-13-54(24-45)39(58)23-52-19-26-15-28-21-56(36-6-7-38(57)51-43(36)59)44(60)31(28)16-27(26)20-52/h2-5,15-18,25,36-37,42,50H,6-14,19-24H2,1H3,(H,51,57,59)/t25-,36?,42-/m1/s1. The van der Waals surface area contributed by atoms with Crippen LogP contribution in [0.2, 0.25) is 0 Å². The highest BCUT2D eigenvalue weighted by molar-refractivity contribution is 6.05. The highest BCUT2D eigenvalue weighted by atomic mass is 19.3. The molecule has 3 saturated heterocycles. The fraction of sp³-hybridized carbons (Fsp3) is 0.467. The van der Waals surface area contributed by atoms with E-state index in [0.29, 0.717) is 75.6 Å². The van der Waals surface area contributed by atoms with Gasteiger partial charge in [0.25, 0.3) is 12.3 Å². The van der Waals surface area contributed by atoms with E-state index in [0.717, 1.165) is 52.4 Å². The van der Waals surface area contributed by atoms with E-state index >= 15 is 8.78 Å². The Kier molecular flexibility index (Phi) is 9.54. The molecule has 0 saturated carbocycles. The molecule has 4 amide bonds. The van der Waals surface area contributed by atoms with Gasteiger partial charge in [-0.2, -0.15) is 0 Å². The van der Waals surface area contributed by atoms with E-state index in [1.165, 1.54) is 17.0 Å². The molecule has 11 nitrogen and oxygen atoms in total. The Morgan fingerprint density at radius 2 is 1.63 bits per heavy atom. The fourth-order valence-corrected chi connectivity index (χ4v) is 11.0. The molecule has 2 N–H and O–H groups in total. The van der Waals surface area contributed by atoms with Gasteiger partial charge in [0.15, 0.2) is 0 Å². The number of H-pyrrole nitrogens is 1. The number of imide groups is 1. The maximum atomic E-state index is 16.3. The second-order valence-electron chi connectivity index (χ2n) is 17.8. The van der Waals surface area contributed by atoms with Crippen LogP contribution in [0.1, 0.15) is 88.9 Å². The number of hydrogen-bond acceptors (Lipinski definition) is 7. The minimum Gasteiger partial charge on any atom is -0.371 e. The third-order valence-corrected chi connectivity index (χ3v) is 14.2. The first-order chi connectivity index (χ1) is 28.8. The van der Waals surface area contributed by atoms with Crippen LogP contribution in [-0.2, 0) is 40.4 Å². The molecule has 0 aliphatic carbocycles. The Balaban J connectivity index is 0.775. The number of fused-ring (bicyclic) bond motifs is 5. The lowest BCUT2D eigenvalue weighted by molar-refractivity contribution is -0.137. The van der Waals surface area contributed by atoms with Crippen LogP contribution in [0.15, 0.2) is 48.5 Å². The van der Waals surface area contributed by atoms with Crippen molar-refractivity contribution >= 4 is 40.2 Å². The minimum absolute atomic E-state index is 0.0468. The highest BCUT2D eigenvalue weighted by Crippen LogP contribution is 2.45. The van der Waals surface area contributed by atoms with Crippen LogP contribution in [0.4, 0.5) is 23.2 Å². The topological polar surface area (TPSA) is 112 Å². The number of para-hydroxylation sites is 1. The van der Waals surface area contributed by atoms with Gasteiger partial charge in [-0.25, -0.2) is 17.6 Å². The number of anilines is 1. The average molecular weight is 826 g/mol. The van der Waals surface area contributed by atoms with Crippen LogP contribution in [0.25, 0.3) is 10.9 Å². The van der Waals surface area contributed by atoms with Crippen LogP contribution in [0.3, 0.4) is 0 Å². The predicted molar refractivity (Wildman–Crippen MR) is 214 cm³/mol. The van der Waals surface area contributed by atoms with E-state index in [-0.39, 0.29) is 47.7 Å². The van der Waals surface area contributed by atoms with Crippen molar-refractivity contribution in [1.82, 2.24) is 29.9 Å². The zero-order chi connectivity index (χ0) is 41.6. The first-order valence-electron chi connectivity index (χ1n) is 21.0. The number of carbonyl (C=O) groups is 4. The molecule has 314 valence electrons. The Bertz CT molecular complexity index is 2420. The van der Waals surface area contributed by atoms with Crippen molar-refractivity contribution in [3.63, 3.8) is 0 Å². The van der Waals surface area contributed by atoms with E-state index in [9.17, 15) is 28.0 Å². The largest absolute Gasteiger partial charge is 0.371 e. The zero-order valence-corrected chi connectivity index (χ0v) is 33.4. The Labute approximate surface area is 344 Å². The van der Waals surface area contributed by atoms with Gasteiger partial charge < -0.3 is 19.7 Å². The van der Waals surface area contributed by atoms with E-state index in [1.807, 2.05) is 53.1 Å². The van der Waals surface area contributed by atoms with Crippen molar-refractivity contribution in [3.05, 3.63) is 99.2 Å². The van der Waals surface area contributed by atoms with Gasteiger partial charge in [-0.3, -0.25) is 34.3 Å². The van der Waals surface area contributed by atoms with Gasteiger partial charge in [0, 0.05) is 91.7 Å². The van der Waals surface area contributed by atoms with E-state index in [1.54, 1.807) is 4.90 Å². The molecule has 3 fully saturated rings. The molecule has 6 aliphatic heterocycles. The van der Waals surface area contributed by atoms with Gasteiger partial charge in [-0.05, 0) is 91.0 Å². The lowest BCUT2D eigenvalue weighted by atomic mass is 9.77. The maximum Gasteiger partial charge on any atom is 0.255 e. The number of piperidine rings is 2. The summed E-state index contributed by atoms with van der Waals surface area (Å²) < 4.78 is 60.5. The second kappa shape index (κ2) is 14.7. The summed E-state index contributed by atoms with van der Waals surface area (Å²) in [6.45, 7) is 5.27. The first-order valence-corrected chi connectivity index (χ1v) is 21.0. The van der Waals surface area contributed by atoms with Crippen LogP contribution in [0.5, 0.6) is 0 Å². The number of likely N-dealkylation sites (tertiary alicyclic amines) is 1.